The molecule has 6 nitrogen and oxygen atoms in total. The summed E-state index contributed by atoms with van der Waals surface area (Å²) in [6.45, 7) is 0.734. The van der Waals surface area contributed by atoms with Crippen LogP contribution in [0.15, 0.2) is 146 Å². The number of aromatic nitrogens is 2. The molecule has 238 valence electrons. The van der Waals surface area contributed by atoms with Crippen molar-refractivity contribution in [3.8, 4) is 11.5 Å². The lowest BCUT2D eigenvalue weighted by Crippen LogP contribution is -2.11. The molecule has 0 saturated carbocycles. The predicted molar refractivity (Wildman–Crippen MR) is 203 cm³/mol. The van der Waals surface area contributed by atoms with Crippen molar-refractivity contribution >= 4 is 91.2 Å². The second-order valence-electron chi connectivity index (χ2n) is 11.0. The fourth-order valence-electron chi connectivity index (χ4n) is 5.91. The summed E-state index contributed by atoms with van der Waals surface area (Å²) in [5.74, 6) is 1.49. The zero-order valence-corrected chi connectivity index (χ0v) is 27.4. The molecular weight excluding hydrogens is 639 g/mol. The van der Waals surface area contributed by atoms with Crippen LogP contribution in [0.2, 0.25) is 0 Å². The maximum atomic E-state index is 6.30. The van der Waals surface area contributed by atoms with Gasteiger partial charge in [0.25, 0.3) is 0 Å². The third kappa shape index (κ3) is 6.36. The Morgan fingerprint density at radius 2 is 0.667 bits per heavy atom. The van der Waals surface area contributed by atoms with Crippen molar-refractivity contribution in [3.05, 3.63) is 146 Å². The monoisotopic (exact) mass is 670 g/mol. The summed E-state index contributed by atoms with van der Waals surface area (Å²) in [6, 6.07) is 48.7. The van der Waals surface area contributed by atoms with Crippen LogP contribution in [-0.4, -0.2) is 23.2 Å². The van der Waals surface area contributed by atoms with Crippen LogP contribution in [0.5, 0.6) is 11.5 Å². The van der Waals surface area contributed by atoms with E-state index in [2.05, 4.69) is 34.9 Å². The summed E-state index contributed by atoms with van der Waals surface area (Å²) in [5.41, 5.74) is 7.52. The Hall–Kier alpha value is -5.56. The summed E-state index contributed by atoms with van der Waals surface area (Å²) in [6.07, 6.45) is 0. The Kier molecular flexibility index (Phi) is 9.76. The highest BCUT2D eigenvalue weighted by molar-refractivity contribution is 6.10. The Bertz CT molecular complexity index is 2090. The normalized spacial score (nSPS) is 10.8. The minimum atomic E-state index is 0. The molecule has 8 rings (SSSR count). The van der Waals surface area contributed by atoms with E-state index in [0.29, 0.717) is 13.2 Å². The third-order valence-electron chi connectivity index (χ3n) is 8.07. The molecule has 0 amide bonds. The maximum Gasteiger partial charge on any atom is 0.142 e. The number of benzene rings is 6. The highest BCUT2D eigenvalue weighted by Crippen LogP contribution is 2.37. The summed E-state index contributed by atoms with van der Waals surface area (Å²) >= 11 is 0. The second kappa shape index (κ2) is 14.5. The molecule has 0 saturated heterocycles. The number of pyridine rings is 2. The van der Waals surface area contributed by atoms with Gasteiger partial charge in [0, 0.05) is 21.5 Å². The first-order chi connectivity index (χ1) is 22.8. The van der Waals surface area contributed by atoms with E-state index in [1.54, 1.807) is 0 Å². The molecule has 0 fully saturated rings. The number of ether oxygens (including phenoxy) is 2. The number of fused-ring (bicyclic) bond motifs is 4. The fourth-order valence-corrected chi connectivity index (χ4v) is 5.91. The Labute approximate surface area is 290 Å². The first-order valence-electron chi connectivity index (χ1n) is 15.3. The van der Waals surface area contributed by atoms with Crippen molar-refractivity contribution in [3.63, 3.8) is 0 Å². The smallest absolute Gasteiger partial charge is 0.142 e. The van der Waals surface area contributed by atoms with Crippen LogP contribution < -0.4 is 20.1 Å². The molecule has 0 unspecified atom stereocenters. The van der Waals surface area contributed by atoms with E-state index in [-0.39, 0.29) is 24.8 Å². The van der Waals surface area contributed by atoms with Gasteiger partial charge in [-0.3, -0.25) is 0 Å². The van der Waals surface area contributed by atoms with Gasteiger partial charge in [0.2, 0.25) is 0 Å². The Morgan fingerprint density at radius 3 is 1.02 bits per heavy atom. The van der Waals surface area contributed by atoms with Gasteiger partial charge in [0.15, 0.2) is 0 Å². The summed E-state index contributed by atoms with van der Waals surface area (Å²) in [5, 5.41) is 11.5. The molecule has 2 aromatic heterocycles. The average Bonchev–Trinajstić information content (AvgIpc) is 3.11. The maximum absolute atomic E-state index is 6.30. The number of nitrogens with one attached hydrogen (secondary N) is 2. The van der Waals surface area contributed by atoms with E-state index in [1.807, 2.05) is 121 Å². The largest absolute Gasteiger partial charge is 0.488 e. The van der Waals surface area contributed by atoms with Gasteiger partial charge >= 0.3 is 0 Å². The van der Waals surface area contributed by atoms with Gasteiger partial charge in [0.1, 0.15) is 24.7 Å². The Balaban J connectivity index is 0.00000201. The van der Waals surface area contributed by atoms with E-state index in [1.165, 1.54) is 0 Å². The number of anilines is 4. The zero-order valence-electron chi connectivity index (χ0n) is 25.8. The number of halogens is 2. The van der Waals surface area contributed by atoms with Gasteiger partial charge in [-0.1, -0.05) is 97.1 Å². The van der Waals surface area contributed by atoms with Crippen LogP contribution in [-0.2, 0) is 0 Å². The molecule has 8 aromatic rings. The third-order valence-corrected chi connectivity index (χ3v) is 8.07. The van der Waals surface area contributed by atoms with Crippen molar-refractivity contribution in [2.45, 2.75) is 0 Å². The lowest BCUT2D eigenvalue weighted by atomic mass is 10.1. The lowest BCUT2D eigenvalue weighted by Gasteiger charge is -2.18. The van der Waals surface area contributed by atoms with Crippen LogP contribution in [0.1, 0.15) is 0 Å². The molecule has 2 N–H and O–H groups in total. The summed E-state index contributed by atoms with van der Waals surface area (Å²) in [4.78, 5) is 9.72. The first-order valence-corrected chi connectivity index (χ1v) is 15.3. The SMILES string of the molecule is Cl.Cl.c1ccc(OCCOc2ccccc2Nc2c3ccccc3nc3ccccc23)c(Nc2c3ccccc3nc3ccccc23)c1. The standard InChI is InChI=1S/C40H30N4O2.2ClH/c1-5-17-31-27(13-1)39(28-14-2-6-18-32(28)41-31)43-35-21-9-11-23-37(35)45-25-26-46-38-24-12-10-22-36(38)44-40-29-15-3-7-19-33(29)42-34-20-8-4-16-30(34)40;;/h1-24H,25-26H2,(H,41,43)(H,42,44);2*1H. The molecule has 48 heavy (non-hydrogen) atoms. The van der Waals surface area contributed by atoms with E-state index in [4.69, 9.17) is 19.4 Å². The quantitative estimate of drug-likeness (QED) is 0.118. The van der Waals surface area contributed by atoms with Crippen molar-refractivity contribution in [1.29, 1.82) is 0 Å². The van der Waals surface area contributed by atoms with Gasteiger partial charge < -0.3 is 20.1 Å². The zero-order chi connectivity index (χ0) is 30.7. The molecule has 2 heterocycles. The Morgan fingerprint density at radius 1 is 0.375 bits per heavy atom. The molecular formula is C40H32Cl2N4O2. The van der Waals surface area contributed by atoms with E-state index >= 15 is 0 Å². The second-order valence-corrected chi connectivity index (χ2v) is 11.0. The molecule has 0 bridgehead atoms. The fraction of sp³-hybridized carbons (Fsp3) is 0.0500. The van der Waals surface area contributed by atoms with E-state index in [9.17, 15) is 0 Å². The van der Waals surface area contributed by atoms with Gasteiger partial charge in [-0.2, -0.15) is 0 Å². The lowest BCUT2D eigenvalue weighted by molar-refractivity contribution is 0.218. The summed E-state index contributed by atoms with van der Waals surface area (Å²) < 4.78 is 12.6. The van der Waals surface area contributed by atoms with Crippen molar-refractivity contribution < 1.29 is 9.47 Å². The van der Waals surface area contributed by atoms with Gasteiger partial charge in [0.05, 0.1) is 44.8 Å². The van der Waals surface area contributed by atoms with Crippen LogP contribution in [0.25, 0.3) is 43.6 Å². The van der Waals surface area contributed by atoms with Crippen LogP contribution in [0.3, 0.4) is 0 Å². The molecule has 0 aliphatic rings. The molecule has 0 aliphatic heterocycles. The number of hydrogen-bond donors (Lipinski definition) is 2. The minimum Gasteiger partial charge on any atom is -0.488 e. The van der Waals surface area contributed by atoms with Gasteiger partial charge in [-0.15, -0.1) is 24.8 Å². The van der Waals surface area contributed by atoms with Crippen LogP contribution in [0.4, 0.5) is 22.7 Å². The van der Waals surface area contributed by atoms with Crippen LogP contribution in [0, 0.1) is 0 Å². The molecule has 8 heteroatoms. The number of hydrogen-bond acceptors (Lipinski definition) is 6. The van der Waals surface area contributed by atoms with Gasteiger partial charge in [-0.25, -0.2) is 9.97 Å². The van der Waals surface area contributed by atoms with Crippen molar-refractivity contribution in [1.82, 2.24) is 9.97 Å². The number of nitrogens with zero attached hydrogens (tertiary/aromatic N) is 2. The molecule has 6 aromatic carbocycles. The van der Waals surface area contributed by atoms with Gasteiger partial charge in [-0.05, 0) is 48.5 Å². The molecule has 0 spiro atoms. The average molecular weight is 672 g/mol. The molecule has 0 atom stereocenters. The van der Waals surface area contributed by atoms with E-state index in [0.717, 1.165) is 77.9 Å². The first kappa shape index (κ1) is 32.4. The topological polar surface area (TPSA) is 68.3 Å². The number of para-hydroxylation sites is 8. The molecule has 0 aliphatic carbocycles. The summed E-state index contributed by atoms with van der Waals surface area (Å²) in [7, 11) is 0. The molecule has 0 radical (unpaired) electrons. The minimum absolute atomic E-state index is 0. The number of rotatable bonds is 9. The van der Waals surface area contributed by atoms with Crippen LogP contribution >= 0.6 is 24.8 Å². The van der Waals surface area contributed by atoms with E-state index < -0.39 is 0 Å². The highest BCUT2D eigenvalue weighted by atomic mass is 35.5. The predicted octanol–water partition coefficient (Wildman–Crippen LogP) is 10.9. The van der Waals surface area contributed by atoms with Crippen molar-refractivity contribution in [2.24, 2.45) is 0 Å². The highest BCUT2D eigenvalue weighted by Gasteiger charge is 2.13. The van der Waals surface area contributed by atoms with Crippen molar-refractivity contribution in [2.75, 3.05) is 23.8 Å².